The average Bonchev–Trinajstić information content (AvgIpc) is 3.62. The maximum absolute atomic E-state index is 14.8. The summed E-state index contributed by atoms with van der Waals surface area (Å²) in [5.41, 5.74) is 1.21. The Labute approximate surface area is 167 Å². The largest absolute Gasteiger partial charge is 0.299 e. The molecule has 0 aromatic heterocycles. The van der Waals surface area contributed by atoms with Gasteiger partial charge >= 0.3 is 0 Å². The fourth-order valence-corrected chi connectivity index (χ4v) is 4.20. The summed E-state index contributed by atoms with van der Waals surface area (Å²) in [6.45, 7) is 5.28. The molecule has 2 aromatic rings. The third-order valence-corrected chi connectivity index (χ3v) is 6.16. The van der Waals surface area contributed by atoms with E-state index >= 15 is 0 Å². The van der Waals surface area contributed by atoms with Crippen LogP contribution in [0.3, 0.4) is 0 Å². The van der Waals surface area contributed by atoms with Crippen molar-refractivity contribution < 1.29 is 8.78 Å². The Balaban J connectivity index is 1.39. The molecule has 1 nitrogen and oxygen atoms in total. The Morgan fingerprint density at radius 1 is 0.821 bits per heavy atom. The molecule has 2 aromatic carbocycles. The second kappa shape index (κ2) is 7.94. The van der Waals surface area contributed by atoms with Gasteiger partial charge in [-0.3, -0.25) is 4.90 Å². The van der Waals surface area contributed by atoms with Crippen LogP contribution < -0.4 is 0 Å². The molecule has 2 saturated carbocycles. The molecule has 150 valence electrons. The number of alkyl halides is 2. The standard InChI is InChI=1S/C25H31F2N/c1-2-16-28(19-21-7-4-3-5-8-21)17-6-9-20-10-11-22(24(26)12-13-24)23(18-20)25(27)14-15-25/h3-5,7-8,10-11,18H,2,6,9,12-17,19H2,1H3. The summed E-state index contributed by atoms with van der Waals surface area (Å²) >= 11 is 0. The van der Waals surface area contributed by atoms with Crippen LogP contribution in [0, 0.1) is 0 Å². The molecular formula is C25H31F2N. The van der Waals surface area contributed by atoms with E-state index in [1.165, 1.54) is 5.56 Å². The van der Waals surface area contributed by atoms with Gasteiger partial charge in [-0.1, -0.05) is 55.5 Å². The Hall–Kier alpha value is -1.74. The van der Waals surface area contributed by atoms with Gasteiger partial charge < -0.3 is 0 Å². The molecule has 0 amide bonds. The normalized spacial score (nSPS) is 19.0. The first-order valence-electron chi connectivity index (χ1n) is 10.8. The molecular weight excluding hydrogens is 352 g/mol. The van der Waals surface area contributed by atoms with Gasteiger partial charge in [0.1, 0.15) is 11.3 Å². The maximum atomic E-state index is 14.8. The van der Waals surface area contributed by atoms with Crippen LogP contribution in [-0.4, -0.2) is 18.0 Å². The number of aryl methyl sites for hydroxylation is 1. The fraction of sp³-hybridized carbons (Fsp3) is 0.520. The molecule has 2 fully saturated rings. The molecule has 0 heterocycles. The van der Waals surface area contributed by atoms with Crippen molar-refractivity contribution in [2.45, 2.75) is 69.8 Å². The number of halogens is 2. The highest BCUT2D eigenvalue weighted by atomic mass is 19.1. The van der Waals surface area contributed by atoms with Crippen molar-refractivity contribution in [3.63, 3.8) is 0 Å². The lowest BCUT2D eigenvalue weighted by Gasteiger charge is -2.22. The zero-order valence-corrected chi connectivity index (χ0v) is 16.9. The molecule has 2 aliphatic rings. The fourth-order valence-electron chi connectivity index (χ4n) is 4.20. The predicted molar refractivity (Wildman–Crippen MR) is 111 cm³/mol. The minimum atomic E-state index is -1.27. The van der Waals surface area contributed by atoms with Gasteiger partial charge in [0.2, 0.25) is 0 Å². The van der Waals surface area contributed by atoms with E-state index in [2.05, 4.69) is 42.2 Å². The number of nitrogens with zero attached hydrogens (tertiary/aromatic N) is 1. The van der Waals surface area contributed by atoms with E-state index < -0.39 is 11.3 Å². The maximum Gasteiger partial charge on any atom is 0.136 e. The second-order valence-electron chi connectivity index (χ2n) is 8.68. The number of rotatable bonds is 10. The SMILES string of the molecule is CCCN(CCCc1ccc(C2(F)CC2)c(C2(F)CC2)c1)Cc1ccccc1. The molecule has 4 rings (SSSR count). The Kier molecular flexibility index (Phi) is 5.55. The molecule has 3 heteroatoms. The molecule has 28 heavy (non-hydrogen) atoms. The van der Waals surface area contributed by atoms with Crippen molar-refractivity contribution in [2.24, 2.45) is 0 Å². The van der Waals surface area contributed by atoms with Crippen LogP contribution in [-0.2, 0) is 24.3 Å². The van der Waals surface area contributed by atoms with E-state index in [0.29, 0.717) is 36.8 Å². The van der Waals surface area contributed by atoms with Crippen molar-refractivity contribution in [3.8, 4) is 0 Å². The number of hydrogen-bond donors (Lipinski definition) is 0. The summed E-state index contributed by atoms with van der Waals surface area (Å²) < 4.78 is 29.5. The van der Waals surface area contributed by atoms with Crippen molar-refractivity contribution in [2.75, 3.05) is 13.1 Å². The summed E-state index contributed by atoms with van der Waals surface area (Å²) in [5, 5.41) is 0. The summed E-state index contributed by atoms with van der Waals surface area (Å²) in [7, 11) is 0. The summed E-state index contributed by atoms with van der Waals surface area (Å²) in [4.78, 5) is 2.49. The lowest BCUT2D eigenvalue weighted by Crippen LogP contribution is -2.25. The van der Waals surface area contributed by atoms with Gasteiger partial charge in [0.25, 0.3) is 0 Å². The number of hydrogen-bond acceptors (Lipinski definition) is 1. The molecule has 0 N–H and O–H groups in total. The Morgan fingerprint density at radius 2 is 1.50 bits per heavy atom. The lowest BCUT2D eigenvalue weighted by molar-refractivity contribution is 0.262. The van der Waals surface area contributed by atoms with E-state index in [-0.39, 0.29) is 0 Å². The Bertz CT molecular complexity index is 793. The predicted octanol–water partition coefficient (Wildman–Crippen LogP) is 6.45. The van der Waals surface area contributed by atoms with Gasteiger partial charge in [-0.2, -0.15) is 0 Å². The smallest absolute Gasteiger partial charge is 0.136 e. The molecule has 0 spiro atoms. The summed E-state index contributed by atoms with van der Waals surface area (Å²) in [6.07, 6.45) is 5.25. The van der Waals surface area contributed by atoms with E-state index in [1.54, 1.807) is 0 Å². The van der Waals surface area contributed by atoms with E-state index in [4.69, 9.17) is 0 Å². The minimum absolute atomic E-state index is 0.543. The molecule has 0 atom stereocenters. The van der Waals surface area contributed by atoms with Crippen molar-refractivity contribution in [1.29, 1.82) is 0 Å². The van der Waals surface area contributed by atoms with E-state index in [1.807, 2.05) is 18.2 Å². The first-order valence-corrected chi connectivity index (χ1v) is 10.8. The zero-order valence-electron chi connectivity index (χ0n) is 16.9. The highest BCUT2D eigenvalue weighted by molar-refractivity contribution is 5.44. The van der Waals surface area contributed by atoms with Crippen molar-refractivity contribution >= 4 is 0 Å². The van der Waals surface area contributed by atoms with Crippen LogP contribution in [0.2, 0.25) is 0 Å². The summed E-state index contributed by atoms with van der Waals surface area (Å²) in [6, 6.07) is 16.4. The van der Waals surface area contributed by atoms with Crippen LogP contribution in [0.5, 0.6) is 0 Å². The van der Waals surface area contributed by atoms with Gasteiger partial charge in [0.15, 0.2) is 0 Å². The van der Waals surface area contributed by atoms with Crippen molar-refractivity contribution in [3.05, 3.63) is 70.8 Å². The van der Waals surface area contributed by atoms with Gasteiger partial charge in [0.05, 0.1) is 0 Å². The van der Waals surface area contributed by atoms with Gasteiger partial charge in [-0.25, -0.2) is 8.78 Å². The summed E-state index contributed by atoms with van der Waals surface area (Å²) in [5.74, 6) is 0. The lowest BCUT2D eigenvalue weighted by atomic mass is 9.93. The third kappa shape index (κ3) is 4.46. The molecule has 0 unspecified atom stereocenters. The third-order valence-electron chi connectivity index (χ3n) is 6.16. The van der Waals surface area contributed by atoms with Gasteiger partial charge in [-0.05, 0) is 80.3 Å². The number of benzene rings is 2. The van der Waals surface area contributed by atoms with Crippen molar-refractivity contribution in [1.82, 2.24) is 4.90 Å². The second-order valence-corrected chi connectivity index (χ2v) is 8.68. The molecule has 0 aliphatic heterocycles. The topological polar surface area (TPSA) is 3.24 Å². The molecule has 0 bridgehead atoms. The van der Waals surface area contributed by atoms with Crippen LogP contribution in [0.4, 0.5) is 8.78 Å². The Morgan fingerprint density at radius 3 is 2.14 bits per heavy atom. The quantitative estimate of drug-likeness (QED) is 0.456. The highest BCUT2D eigenvalue weighted by Crippen LogP contribution is 2.58. The first kappa shape index (κ1) is 19.6. The van der Waals surface area contributed by atoms with E-state index in [0.717, 1.165) is 44.5 Å². The highest BCUT2D eigenvalue weighted by Gasteiger charge is 2.53. The molecule has 2 aliphatic carbocycles. The zero-order chi connectivity index (χ0) is 19.6. The molecule has 0 saturated heterocycles. The van der Waals surface area contributed by atoms with Gasteiger partial charge in [-0.15, -0.1) is 0 Å². The monoisotopic (exact) mass is 383 g/mol. The van der Waals surface area contributed by atoms with E-state index in [9.17, 15) is 8.78 Å². The minimum Gasteiger partial charge on any atom is -0.299 e. The van der Waals surface area contributed by atoms with Crippen LogP contribution in [0.1, 0.15) is 67.7 Å². The van der Waals surface area contributed by atoms with Crippen LogP contribution in [0.25, 0.3) is 0 Å². The average molecular weight is 384 g/mol. The van der Waals surface area contributed by atoms with Crippen LogP contribution >= 0.6 is 0 Å². The first-order chi connectivity index (χ1) is 13.5. The van der Waals surface area contributed by atoms with Crippen LogP contribution in [0.15, 0.2) is 48.5 Å². The molecule has 0 radical (unpaired) electrons. The van der Waals surface area contributed by atoms with Gasteiger partial charge in [0, 0.05) is 6.54 Å².